The number of hydrogen-bond donors (Lipinski definition) is 0. The van der Waals surface area contributed by atoms with Gasteiger partial charge < -0.3 is 0 Å². The number of nitriles is 2. The first-order valence-electron chi connectivity index (χ1n) is 6.23. The van der Waals surface area contributed by atoms with Crippen LogP contribution in [0, 0.1) is 22.7 Å². The molecule has 0 unspecified atom stereocenters. The van der Waals surface area contributed by atoms with Crippen molar-refractivity contribution in [3.63, 3.8) is 0 Å². The number of rotatable bonds is 2. The van der Waals surface area contributed by atoms with Crippen molar-refractivity contribution >= 4 is 46.2 Å². The van der Waals surface area contributed by atoms with E-state index in [-0.39, 0.29) is 11.1 Å². The molecule has 0 fully saturated rings. The molecule has 0 aliphatic carbocycles. The van der Waals surface area contributed by atoms with Gasteiger partial charge in [-0.25, -0.2) is 0 Å². The second kappa shape index (κ2) is 6.81. The van der Waals surface area contributed by atoms with Crippen LogP contribution >= 0.6 is 34.5 Å². The van der Waals surface area contributed by atoms with Crippen LogP contribution in [0.5, 0.6) is 0 Å². The predicted molar refractivity (Wildman–Crippen MR) is 88.2 cm³/mol. The van der Waals surface area contributed by atoms with Gasteiger partial charge in [0.15, 0.2) is 5.57 Å². The summed E-state index contributed by atoms with van der Waals surface area (Å²) >= 11 is 13.3. The van der Waals surface area contributed by atoms with E-state index < -0.39 is 0 Å². The van der Waals surface area contributed by atoms with Gasteiger partial charge in [0.05, 0.1) is 4.53 Å². The van der Waals surface area contributed by atoms with Gasteiger partial charge in [0.25, 0.3) is 5.56 Å². The standard InChI is InChI=1S/C15H9Cl2N3OS/c1-2-20-14(21)13(22-15(20)9(7-18)8-19)6-10-11(16)4-3-5-12(10)17/h3-6H,2H2,1H3/b13-6+. The van der Waals surface area contributed by atoms with Crippen LogP contribution in [0.25, 0.3) is 11.6 Å². The van der Waals surface area contributed by atoms with Gasteiger partial charge >= 0.3 is 0 Å². The Labute approximate surface area is 140 Å². The highest BCUT2D eigenvalue weighted by Crippen LogP contribution is 2.24. The Kier molecular flexibility index (Phi) is 5.05. The normalized spacial score (nSPS) is 11.0. The minimum Gasteiger partial charge on any atom is -0.298 e. The van der Waals surface area contributed by atoms with E-state index in [9.17, 15) is 4.79 Å². The van der Waals surface area contributed by atoms with Crippen LogP contribution in [-0.2, 0) is 6.54 Å². The number of aromatic nitrogens is 1. The molecule has 22 heavy (non-hydrogen) atoms. The number of hydrogen-bond acceptors (Lipinski definition) is 4. The summed E-state index contributed by atoms with van der Waals surface area (Å²) in [6, 6.07) is 8.68. The summed E-state index contributed by atoms with van der Waals surface area (Å²) in [6.07, 6.45) is 1.58. The molecule has 1 heterocycles. The fraction of sp³-hybridized carbons (Fsp3) is 0.133. The molecule has 110 valence electrons. The van der Waals surface area contributed by atoms with Gasteiger partial charge in [0.1, 0.15) is 16.8 Å². The number of nitrogens with zero attached hydrogens (tertiary/aromatic N) is 3. The summed E-state index contributed by atoms with van der Waals surface area (Å²) in [5.41, 5.74) is 0.171. The number of halogens is 2. The van der Waals surface area contributed by atoms with Gasteiger partial charge in [-0.15, -0.1) is 11.3 Å². The monoisotopic (exact) mass is 349 g/mol. The third-order valence-corrected chi connectivity index (χ3v) is 4.73. The summed E-state index contributed by atoms with van der Waals surface area (Å²) in [4.78, 5) is 12.4. The lowest BCUT2D eigenvalue weighted by Gasteiger charge is -1.99. The predicted octanol–water partition coefficient (Wildman–Crippen LogP) is 2.26. The Hall–Kier alpha value is -2.05. The first-order chi connectivity index (χ1) is 10.5. The second-order valence-electron chi connectivity index (χ2n) is 4.20. The highest BCUT2D eigenvalue weighted by molar-refractivity contribution is 7.07. The fourth-order valence-electron chi connectivity index (χ4n) is 1.89. The molecule has 0 amide bonds. The van der Waals surface area contributed by atoms with E-state index in [1.54, 1.807) is 31.2 Å². The fourth-order valence-corrected chi connectivity index (χ4v) is 3.50. The van der Waals surface area contributed by atoms with E-state index in [2.05, 4.69) is 0 Å². The molecule has 4 nitrogen and oxygen atoms in total. The van der Waals surface area contributed by atoms with Crippen LogP contribution in [0.4, 0.5) is 0 Å². The molecule has 1 aromatic heterocycles. The van der Waals surface area contributed by atoms with Crippen molar-refractivity contribution in [1.82, 2.24) is 4.57 Å². The van der Waals surface area contributed by atoms with E-state index in [1.807, 2.05) is 12.1 Å². The van der Waals surface area contributed by atoms with Crippen molar-refractivity contribution in [1.29, 1.82) is 10.5 Å². The van der Waals surface area contributed by atoms with Crippen molar-refractivity contribution in [3.8, 4) is 12.1 Å². The van der Waals surface area contributed by atoms with Crippen molar-refractivity contribution in [3.05, 3.63) is 53.4 Å². The zero-order chi connectivity index (χ0) is 16.3. The molecular weight excluding hydrogens is 341 g/mol. The van der Waals surface area contributed by atoms with Crippen LogP contribution < -0.4 is 14.8 Å². The molecule has 0 atom stereocenters. The largest absolute Gasteiger partial charge is 0.298 e. The van der Waals surface area contributed by atoms with E-state index in [0.717, 1.165) is 11.3 Å². The zero-order valence-electron chi connectivity index (χ0n) is 11.4. The molecule has 2 rings (SSSR count). The zero-order valence-corrected chi connectivity index (χ0v) is 13.8. The lowest BCUT2D eigenvalue weighted by Crippen LogP contribution is -2.31. The lowest BCUT2D eigenvalue weighted by atomic mass is 10.2. The maximum absolute atomic E-state index is 12.4. The maximum atomic E-state index is 12.4. The van der Waals surface area contributed by atoms with Crippen molar-refractivity contribution in [2.24, 2.45) is 0 Å². The summed E-state index contributed by atoms with van der Waals surface area (Å²) in [6.45, 7) is 2.14. The molecule has 7 heteroatoms. The van der Waals surface area contributed by atoms with Crippen molar-refractivity contribution in [2.45, 2.75) is 13.5 Å². The van der Waals surface area contributed by atoms with Gasteiger partial charge in [-0.1, -0.05) is 29.3 Å². The Morgan fingerprint density at radius 2 is 1.91 bits per heavy atom. The van der Waals surface area contributed by atoms with Crippen LogP contribution in [0.3, 0.4) is 0 Å². The third-order valence-electron chi connectivity index (χ3n) is 2.94. The lowest BCUT2D eigenvalue weighted by molar-refractivity contribution is 0.722. The highest BCUT2D eigenvalue weighted by atomic mass is 35.5. The average Bonchev–Trinajstić information content (AvgIpc) is 2.81. The Morgan fingerprint density at radius 3 is 2.41 bits per heavy atom. The molecule has 0 saturated carbocycles. The summed E-state index contributed by atoms with van der Waals surface area (Å²) in [5.74, 6) is 0. The van der Waals surface area contributed by atoms with Crippen LogP contribution in [0.2, 0.25) is 10.0 Å². The Morgan fingerprint density at radius 1 is 1.32 bits per heavy atom. The van der Waals surface area contributed by atoms with Gasteiger partial charge in [-0.3, -0.25) is 9.36 Å². The third kappa shape index (κ3) is 2.93. The van der Waals surface area contributed by atoms with Crippen molar-refractivity contribution in [2.75, 3.05) is 0 Å². The van der Waals surface area contributed by atoms with Gasteiger partial charge in [0, 0.05) is 22.2 Å². The minimum absolute atomic E-state index is 0.0890. The minimum atomic E-state index is -0.276. The van der Waals surface area contributed by atoms with Gasteiger partial charge in [-0.05, 0) is 25.1 Å². The number of benzene rings is 1. The Balaban J connectivity index is 2.89. The van der Waals surface area contributed by atoms with E-state index in [0.29, 0.717) is 31.3 Å². The molecule has 0 aliphatic rings. The first kappa shape index (κ1) is 16.3. The smallest absolute Gasteiger partial charge is 0.269 e. The quantitative estimate of drug-likeness (QED) is 0.834. The van der Waals surface area contributed by atoms with Crippen LogP contribution in [0.1, 0.15) is 12.5 Å². The molecule has 0 spiro atoms. The maximum Gasteiger partial charge on any atom is 0.269 e. The average molecular weight is 350 g/mol. The molecular formula is C15H9Cl2N3OS. The molecule has 0 aliphatic heterocycles. The topological polar surface area (TPSA) is 69.6 Å². The SMILES string of the molecule is CCn1c(=C(C#N)C#N)s/c(=C/c2c(Cl)cccc2Cl)c1=O. The number of thiazole rings is 1. The summed E-state index contributed by atoms with van der Waals surface area (Å²) < 4.78 is 2.10. The van der Waals surface area contributed by atoms with Gasteiger partial charge in [0.2, 0.25) is 0 Å². The van der Waals surface area contributed by atoms with E-state index in [4.69, 9.17) is 33.7 Å². The molecule has 0 saturated heterocycles. The van der Waals surface area contributed by atoms with E-state index in [1.165, 1.54) is 4.57 Å². The molecule has 1 aromatic carbocycles. The molecule has 0 bridgehead atoms. The second-order valence-corrected chi connectivity index (χ2v) is 6.04. The van der Waals surface area contributed by atoms with Gasteiger partial charge in [-0.2, -0.15) is 10.5 Å². The Bertz CT molecular complexity index is 954. The molecule has 0 N–H and O–H groups in total. The van der Waals surface area contributed by atoms with E-state index >= 15 is 0 Å². The summed E-state index contributed by atoms with van der Waals surface area (Å²) in [7, 11) is 0. The first-order valence-corrected chi connectivity index (χ1v) is 7.80. The molecule has 2 aromatic rings. The summed E-state index contributed by atoms with van der Waals surface area (Å²) in [5, 5.41) is 18.9. The van der Waals surface area contributed by atoms with Crippen molar-refractivity contribution < 1.29 is 0 Å². The van der Waals surface area contributed by atoms with Crippen LogP contribution in [-0.4, -0.2) is 4.57 Å². The highest BCUT2D eigenvalue weighted by Gasteiger charge is 2.09. The molecule has 0 radical (unpaired) electrons. The van der Waals surface area contributed by atoms with Crippen LogP contribution in [0.15, 0.2) is 23.0 Å².